The SMILES string of the molecule is C[CH]C.[O]=[Zr]. The first kappa shape index (κ1) is 9.19. The van der Waals surface area contributed by atoms with Gasteiger partial charge in [-0.3, -0.25) is 0 Å². The first-order valence-corrected chi connectivity index (χ1v) is 2.36. The van der Waals surface area contributed by atoms with Gasteiger partial charge in [0.05, 0.1) is 0 Å². The fourth-order valence-electron chi connectivity index (χ4n) is 0. The van der Waals surface area contributed by atoms with Crippen LogP contribution in [0.5, 0.6) is 0 Å². The van der Waals surface area contributed by atoms with Crippen LogP contribution in [0.4, 0.5) is 0 Å². The molecular formula is C3H7OZr. The zero-order chi connectivity index (χ0) is 4.71. The van der Waals surface area contributed by atoms with Crippen LogP contribution in [-0.2, 0) is 27.5 Å². The fraction of sp³-hybridized carbons (Fsp3) is 0.667. The van der Waals surface area contributed by atoms with Crippen LogP contribution in [0.1, 0.15) is 13.8 Å². The van der Waals surface area contributed by atoms with Gasteiger partial charge in [0.1, 0.15) is 0 Å². The minimum atomic E-state index is 0.300. The van der Waals surface area contributed by atoms with Gasteiger partial charge >= 0.3 is 27.5 Å². The fourth-order valence-corrected chi connectivity index (χ4v) is 0. The molecule has 29 valence electrons. The maximum atomic E-state index is 8.34. The third kappa shape index (κ3) is 72.2. The first-order valence-electron chi connectivity index (χ1n) is 1.36. The Morgan fingerprint density at radius 1 is 1.40 bits per heavy atom. The Morgan fingerprint density at radius 2 is 1.40 bits per heavy atom. The number of rotatable bonds is 0. The normalized spacial score (nSPS) is 4.20. The average Bonchev–Trinajstić information content (AvgIpc) is 1.46. The van der Waals surface area contributed by atoms with E-state index in [1.165, 1.54) is 0 Å². The van der Waals surface area contributed by atoms with E-state index in [1.807, 2.05) is 20.3 Å². The summed E-state index contributed by atoms with van der Waals surface area (Å²) in [5.41, 5.74) is 0. The van der Waals surface area contributed by atoms with Crippen molar-refractivity contribution in [3.8, 4) is 0 Å². The molecule has 0 fully saturated rings. The van der Waals surface area contributed by atoms with Gasteiger partial charge in [-0.2, -0.15) is 0 Å². The van der Waals surface area contributed by atoms with Gasteiger partial charge in [0.2, 0.25) is 0 Å². The molecule has 0 unspecified atom stereocenters. The van der Waals surface area contributed by atoms with Gasteiger partial charge in [0.15, 0.2) is 0 Å². The van der Waals surface area contributed by atoms with E-state index in [9.17, 15) is 0 Å². The average molecular weight is 150 g/mol. The van der Waals surface area contributed by atoms with E-state index >= 15 is 0 Å². The summed E-state index contributed by atoms with van der Waals surface area (Å²) in [6.07, 6.45) is 2.00. The van der Waals surface area contributed by atoms with Crippen molar-refractivity contribution in [3.63, 3.8) is 0 Å². The zero-order valence-corrected chi connectivity index (χ0v) is 5.94. The van der Waals surface area contributed by atoms with Crippen LogP contribution < -0.4 is 0 Å². The van der Waals surface area contributed by atoms with Crippen molar-refractivity contribution in [1.29, 1.82) is 0 Å². The molecule has 0 saturated carbocycles. The summed E-state index contributed by atoms with van der Waals surface area (Å²) in [7, 11) is 0. The first-order chi connectivity index (χ1) is 2.41. The molecule has 0 aliphatic carbocycles. The van der Waals surface area contributed by atoms with E-state index in [1.54, 1.807) is 0 Å². The molecule has 0 amide bonds. The molecule has 0 aromatic carbocycles. The van der Waals surface area contributed by atoms with Crippen LogP contribution in [0.3, 0.4) is 0 Å². The molecule has 0 aliphatic heterocycles. The summed E-state index contributed by atoms with van der Waals surface area (Å²) in [4.78, 5) is 0. The van der Waals surface area contributed by atoms with Gasteiger partial charge in [0, 0.05) is 0 Å². The molecule has 2 heteroatoms. The Bertz CT molecular complexity index is 10.9. The van der Waals surface area contributed by atoms with Crippen LogP contribution in [0, 0.1) is 6.42 Å². The van der Waals surface area contributed by atoms with Gasteiger partial charge in [-0.15, -0.1) is 0 Å². The standard InChI is InChI=1S/C3H7.O.Zr/c1-3-2;;/h3H,1-2H3;;. The molecule has 0 aromatic rings. The van der Waals surface area contributed by atoms with Gasteiger partial charge in [-0.1, -0.05) is 13.8 Å². The van der Waals surface area contributed by atoms with E-state index < -0.39 is 0 Å². The zero-order valence-electron chi connectivity index (χ0n) is 3.49. The predicted molar refractivity (Wildman–Crippen MR) is 16.3 cm³/mol. The molecule has 5 heavy (non-hydrogen) atoms. The molecule has 0 rings (SSSR count). The number of hydrogen-bond donors (Lipinski definition) is 0. The van der Waals surface area contributed by atoms with Gasteiger partial charge < -0.3 is 0 Å². The van der Waals surface area contributed by atoms with Crippen molar-refractivity contribution >= 4 is 0 Å². The molecule has 0 atom stereocenters. The molecular weight excluding hydrogens is 143 g/mol. The van der Waals surface area contributed by atoms with Gasteiger partial charge in [-0.25, -0.2) is 0 Å². The molecule has 0 bridgehead atoms. The van der Waals surface area contributed by atoms with Gasteiger partial charge in [0.25, 0.3) is 0 Å². The van der Waals surface area contributed by atoms with Crippen LogP contribution >= 0.6 is 0 Å². The molecule has 0 N–H and O–H groups in total. The Balaban J connectivity index is 0. The van der Waals surface area contributed by atoms with Crippen LogP contribution in [0.2, 0.25) is 0 Å². The van der Waals surface area contributed by atoms with E-state index in [-0.39, 0.29) is 0 Å². The Labute approximate surface area is 48.1 Å². The number of hydrogen-bond acceptors (Lipinski definition) is 1. The molecule has 0 heterocycles. The molecule has 1 nitrogen and oxygen atoms in total. The molecule has 0 aliphatic rings. The van der Waals surface area contributed by atoms with Crippen molar-refractivity contribution in [1.82, 2.24) is 0 Å². The third-order valence-corrected chi connectivity index (χ3v) is 0. The topological polar surface area (TPSA) is 17.1 Å². The van der Waals surface area contributed by atoms with Crippen molar-refractivity contribution in [2.75, 3.05) is 0 Å². The quantitative estimate of drug-likeness (QED) is 0.505. The summed E-state index contributed by atoms with van der Waals surface area (Å²) < 4.78 is 8.34. The third-order valence-electron chi connectivity index (χ3n) is 0. The minimum absolute atomic E-state index is 0.300. The van der Waals surface area contributed by atoms with Crippen LogP contribution in [0.25, 0.3) is 0 Å². The van der Waals surface area contributed by atoms with E-state index in [0.717, 1.165) is 0 Å². The second-order valence-corrected chi connectivity index (χ2v) is 0.577. The van der Waals surface area contributed by atoms with Crippen LogP contribution in [0.15, 0.2) is 0 Å². The molecule has 1 radical (unpaired) electrons. The van der Waals surface area contributed by atoms with Crippen molar-refractivity contribution in [2.24, 2.45) is 0 Å². The summed E-state index contributed by atoms with van der Waals surface area (Å²) in [6, 6.07) is 0. The summed E-state index contributed by atoms with van der Waals surface area (Å²) >= 11 is 0.300. The monoisotopic (exact) mass is 149 g/mol. The predicted octanol–water partition coefficient (Wildman–Crippen LogP) is 1.11. The molecule has 0 aromatic heterocycles. The Kier molecular flexibility index (Phi) is 41.2. The summed E-state index contributed by atoms with van der Waals surface area (Å²) in [6.45, 7) is 4.00. The van der Waals surface area contributed by atoms with E-state index in [0.29, 0.717) is 24.7 Å². The molecule has 0 spiro atoms. The van der Waals surface area contributed by atoms with Crippen LogP contribution in [-0.4, -0.2) is 0 Å². The second kappa shape index (κ2) is 22.4. The van der Waals surface area contributed by atoms with E-state index in [4.69, 9.17) is 2.81 Å². The van der Waals surface area contributed by atoms with Gasteiger partial charge in [-0.05, 0) is 6.42 Å². The van der Waals surface area contributed by atoms with E-state index in [2.05, 4.69) is 0 Å². The Morgan fingerprint density at radius 3 is 1.40 bits per heavy atom. The van der Waals surface area contributed by atoms with Crippen molar-refractivity contribution in [3.05, 3.63) is 6.42 Å². The summed E-state index contributed by atoms with van der Waals surface area (Å²) in [5.74, 6) is 0. The Hall–Kier alpha value is 0.683. The second-order valence-electron chi connectivity index (χ2n) is 0.577. The molecule has 0 saturated heterocycles. The van der Waals surface area contributed by atoms with Crippen molar-refractivity contribution in [2.45, 2.75) is 13.8 Å². The summed E-state index contributed by atoms with van der Waals surface area (Å²) in [5, 5.41) is 0. The van der Waals surface area contributed by atoms with Crippen molar-refractivity contribution < 1.29 is 27.5 Å². The maximum absolute atomic E-state index is 8.34.